The van der Waals surface area contributed by atoms with Crippen LogP contribution in [0.1, 0.15) is 15.9 Å². The summed E-state index contributed by atoms with van der Waals surface area (Å²) in [5, 5.41) is 0. The van der Waals surface area contributed by atoms with E-state index in [0.717, 1.165) is 31.7 Å². The Morgan fingerprint density at radius 1 is 1.03 bits per heavy atom. The normalized spacial score (nSPS) is 15.5. The van der Waals surface area contributed by atoms with Crippen LogP contribution in [0.15, 0.2) is 73.1 Å². The van der Waals surface area contributed by atoms with E-state index < -0.39 is 5.91 Å². The Morgan fingerprint density at radius 2 is 1.70 bits per heavy atom. The van der Waals surface area contributed by atoms with Gasteiger partial charge in [-0.25, -0.2) is 14.4 Å². The minimum Gasteiger partial charge on any atom is -0.485 e. The Kier molecular flexibility index (Phi) is 7.26. The van der Waals surface area contributed by atoms with E-state index in [2.05, 4.69) is 19.8 Å². The van der Waals surface area contributed by atoms with Crippen molar-refractivity contribution in [1.29, 1.82) is 0 Å². The molecule has 0 saturated carbocycles. The molecule has 2 heterocycles. The minimum atomic E-state index is -0.540. The predicted molar refractivity (Wildman–Crippen MR) is 125 cm³/mol. The van der Waals surface area contributed by atoms with E-state index in [4.69, 9.17) is 10.5 Å². The summed E-state index contributed by atoms with van der Waals surface area (Å²) in [5.41, 5.74) is 6.64. The van der Waals surface area contributed by atoms with Gasteiger partial charge in [0.05, 0.1) is 5.56 Å². The molecule has 8 heteroatoms. The third kappa shape index (κ3) is 6.36. The van der Waals surface area contributed by atoms with Gasteiger partial charge >= 0.3 is 0 Å². The first kappa shape index (κ1) is 22.4. The molecule has 2 N–H and O–H groups in total. The smallest absolute Gasteiger partial charge is 0.251 e. The second kappa shape index (κ2) is 10.7. The first-order valence-corrected chi connectivity index (χ1v) is 10.8. The number of carbonyl (C=O) groups excluding carboxylic acids is 1. The van der Waals surface area contributed by atoms with Gasteiger partial charge < -0.3 is 15.4 Å². The van der Waals surface area contributed by atoms with Crippen LogP contribution in [0.25, 0.3) is 6.08 Å². The lowest BCUT2D eigenvalue weighted by Gasteiger charge is -2.36. The number of ether oxygens (including phenoxy) is 1. The number of benzene rings is 2. The fourth-order valence-electron chi connectivity index (χ4n) is 3.60. The molecule has 2 aromatic carbocycles. The fraction of sp³-hybridized carbons (Fsp3) is 0.240. The quantitative estimate of drug-likeness (QED) is 0.572. The van der Waals surface area contributed by atoms with Gasteiger partial charge in [-0.3, -0.25) is 9.69 Å². The van der Waals surface area contributed by atoms with E-state index in [-0.39, 0.29) is 11.9 Å². The fourth-order valence-corrected chi connectivity index (χ4v) is 3.60. The number of nitrogens with two attached hydrogens (primary N) is 1. The lowest BCUT2D eigenvalue weighted by molar-refractivity contribution is 0.0999. The van der Waals surface area contributed by atoms with Gasteiger partial charge in [0.25, 0.3) is 5.91 Å². The van der Waals surface area contributed by atoms with E-state index in [1.54, 1.807) is 12.1 Å². The van der Waals surface area contributed by atoms with E-state index >= 15 is 0 Å². The van der Waals surface area contributed by atoms with Crippen molar-refractivity contribution in [3.05, 3.63) is 90.0 Å². The number of nitrogens with zero attached hydrogens (tertiary/aromatic N) is 4. The lowest BCUT2D eigenvalue weighted by atomic mass is 10.1. The maximum Gasteiger partial charge on any atom is 0.251 e. The van der Waals surface area contributed by atoms with Gasteiger partial charge in [-0.15, -0.1) is 0 Å². The number of primary amides is 1. The third-order valence-electron chi connectivity index (χ3n) is 5.42. The summed E-state index contributed by atoms with van der Waals surface area (Å²) < 4.78 is 19.5. The molecule has 1 aliphatic heterocycles. The van der Waals surface area contributed by atoms with Crippen LogP contribution in [0.3, 0.4) is 0 Å². The Balaban J connectivity index is 1.38. The van der Waals surface area contributed by atoms with Gasteiger partial charge in [-0.1, -0.05) is 36.4 Å². The molecule has 33 heavy (non-hydrogen) atoms. The molecule has 3 aromatic rings. The monoisotopic (exact) mass is 447 g/mol. The molecular weight excluding hydrogens is 421 g/mol. The van der Waals surface area contributed by atoms with Crippen molar-refractivity contribution in [1.82, 2.24) is 14.9 Å². The van der Waals surface area contributed by atoms with E-state index in [0.29, 0.717) is 23.8 Å². The molecule has 0 bridgehead atoms. The second-order valence-corrected chi connectivity index (χ2v) is 7.80. The average molecular weight is 448 g/mol. The van der Waals surface area contributed by atoms with Crippen molar-refractivity contribution in [2.24, 2.45) is 5.73 Å². The number of rotatable bonds is 8. The topological polar surface area (TPSA) is 84.6 Å². The Morgan fingerprint density at radius 3 is 2.33 bits per heavy atom. The summed E-state index contributed by atoms with van der Waals surface area (Å²) in [7, 11) is 0. The number of carbonyl (C=O) groups is 1. The molecule has 0 spiro atoms. The van der Waals surface area contributed by atoms with Gasteiger partial charge in [0, 0.05) is 45.1 Å². The van der Waals surface area contributed by atoms with Gasteiger partial charge in [-0.2, -0.15) is 0 Å². The van der Waals surface area contributed by atoms with Crippen molar-refractivity contribution in [2.75, 3.05) is 37.6 Å². The molecule has 1 aromatic heterocycles. The molecule has 4 rings (SSSR count). The number of hydrogen-bond acceptors (Lipinski definition) is 6. The predicted octanol–water partition coefficient (Wildman–Crippen LogP) is 3.00. The minimum absolute atomic E-state index is 0.201. The average Bonchev–Trinajstić information content (AvgIpc) is 2.85. The Bertz CT molecular complexity index is 1070. The molecule has 1 atom stereocenters. The molecule has 1 amide bonds. The highest BCUT2D eigenvalue weighted by Gasteiger charge is 2.22. The molecule has 1 aliphatic rings. The maximum atomic E-state index is 13.3. The number of aromatic nitrogens is 2. The number of amides is 1. The summed E-state index contributed by atoms with van der Waals surface area (Å²) in [6.45, 7) is 3.81. The number of halogens is 1. The lowest BCUT2D eigenvalue weighted by Crippen LogP contribution is -2.49. The second-order valence-electron chi connectivity index (χ2n) is 7.80. The van der Waals surface area contributed by atoms with E-state index in [9.17, 15) is 9.18 Å². The van der Waals surface area contributed by atoms with Crippen molar-refractivity contribution in [3.8, 4) is 5.75 Å². The number of hydrogen-bond donors (Lipinski definition) is 1. The van der Waals surface area contributed by atoms with Gasteiger partial charge in [0.15, 0.2) is 0 Å². The first-order valence-electron chi connectivity index (χ1n) is 10.8. The van der Waals surface area contributed by atoms with Crippen LogP contribution < -0.4 is 15.4 Å². The van der Waals surface area contributed by atoms with Crippen LogP contribution in [-0.4, -0.2) is 59.6 Å². The van der Waals surface area contributed by atoms with Crippen molar-refractivity contribution in [3.63, 3.8) is 0 Å². The highest BCUT2D eigenvalue weighted by atomic mass is 19.1. The highest BCUT2D eigenvalue weighted by molar-refractivity contribution is 5.92. The first-order chi connectivity index (χ1) is 16.1. The Labute approximate surface area is 192 Å². The summed E-state index contributed by atoms with van der Waals surface area (Å²) in [6, 6.07) is 16.1. The van der Waals surface area contributed by atoms with Crippen LogP contribution >= 0.6 is 0 Å². The van der Waals surface area contributed by atoms with Crippen molar-refractivity contribution >= 4 is 17.9 Å². The summed E-state index contributed by atoms with van der Waals surface area (Å²) in [6.07, 6.45) is 6.79. The van der Waals surface area contributed by atoms with Crippen LogP contribution in [0, 0.1) is 5.82 Å². The number of anilines is 1. The molecule has 0 radical (unpaired) electrons. The zero-order chi connectivity index (χ0) is 23.0. The zero-order valence-electron chi connectivity index (χ0n) is 18.2. The van der Waals surface area contributed by atoms with E-state index in [1.165, 1.54) is 24.5 Å². The van der Waals surface area contributed by atoms with Crippen molar-refractivity contribution in [2.45, 2.75) is 6.10 Å². The molecular formula is C25H26FN5O2. The van der Waals surface area contributed by atoms with E-state index in [1.807, 2.05) is 42.5 Å². The molecule has 0 aliphatic carbocycles. The molecule has 7 nitrogen and oxygen atoms in total. The highest BCUT2D eigenvalue weighted by Crippen LogP contribution is 2.17. The largest absolute Gasteiger partial charge is 0.485 e. The van der Waals surface area contributed by atoms with Crippen LogP contribution in [0.4, 0.5) is 10.3 Å². The van der Waals surface area contributed by atoms with Crippen LogP contribution in [-0.2, 0) is 0 Å². The van der Waals surface area contributed by atoms with Gasteiger partial charge in [-0.05, 0) is 35.9 Å². The molecule has 1 fully saturated rings. The summed E-state index contributed by atoms with van der Waals surface area (Å²) in [4.78, 5) is 24.1. The maximum absolute atomic E-state index is 13.3. The zero-order valence-corrected chi connectivity index (χ0v) is 18.2. The van der Waals surface area contributed by atoms with Gasteiger partial charge in [0.2, 0.25) is 5.95 Å². The Hall–Kier alpha value is -3.78. The SMILES string of the molecule is NC(=O)c1cnc(N2CCN(CC(/C=C/c3ccccc3)Oc3ccc(F)cc3)CC2)nc1. The molecule has 170 valence electrons. The molecule has 1 unspecified atom stereocenters. The van der Waals surface area contributed by atoms with Gasteiger partial charge in [0.1, 0.15) is 17.7 Å². The third-order valence-corrected chi connectivity index (χ3v) is 5.42. The number of piperazine rings is 1. The molecule has 1 saturated heterocycles. The summed E-state index contributed by atoms with van der Waals surface area (Å²) >= 11 is 0. The van der Waals surface area contributed by atoms with Crippen LogP contribution in [0.2, 0.25) is 0 Å². The summed E-state index contributed by atoms with van der Waals surface area (Å²) in [5.74, 6) is 0.381. The van der Waals surface area contributed by atoms with Crippen molar-refractivity contribution < 1.29 is 13.9 Å². The van der Waals surface area contributed by atoms with Crippen LogP contribution in [0.5, 0.6) is 5.75 Å². The standard InChI is InChI=1S/C25H26FN5O2/c26-21-7-10-22(11-8-21)33-23(9-6-19-4-2-1-3-5-19)18-30-12-14-31(15-13-30)25-28-16-20(17-29-25)24(27)32/h1-11,16-17,23H,12-15,18H2,(H2,27,32)/b9-6+.